The minimum atomic E-state index is -1.16. The first-order valence-electron chi connectivity index (χ1n) is 4.07. The maximum absolute atomic E-state index is 10.7. The fourth-order valence-electron chi connectivity index (χ4n) is 0.748. The molecule has 0 aromatic rings. The molecule has 0 aromatic carbocycles. The van der Waals surface area contributed by atoms with Gasteiger partial charge in [0, 0.05) is 12.8 Å². The van der Waals surface area contributed by atoms with E-state index in [1.807, 2.05) is 0 Å². The lowest BCUT2D eigenvalue weighted by Gasteiger charge is -2.09. The zero-order valence-electron chi connectivity index (χ0n) is 7.88. The molecular weight excluding hydrogens is 208 g/mol. The summed E-state index contributed by atoms with van der Waals surface area (Å²) in [5.74, 6) is -1.07. The Morgan fingerprint density at radius 3 is 1.93 bits per heavy atom. The Bertz CT molecular complexity index is 236. The van der Waals surface area contributed by atoms with Crippen molar-refractivity contribution >= 4 is 17.9 Å². The lowest BCUT2D eigenvalue weighted by molar-refractivity contribution is -0.170. The number of carbonyl (C=O) groups excluding carboxylic acids is 3. The van der Waals surface area contributed by atoms with Gasteiger partial charge in [0.15, 0.2) is 0 Å². The fourth-order valence-corrected chi connectivity index (χ4v) is 0.748. The summed E-state index contributed by atoms with van der Waals surface area (Å²) >= 11 is 0. The van der Waals surface area contributed by atoms with Gasteiger partial charge in [-0.05, 0) is 0 Å². The minimum absolute atomic E-state index is 0.0755. The predicted molar refractivity (Wildman–Crippen MR) is 45.9 cm³/mol. The van der Waals surface area contributed by atoms with Crippen molar-refractivity contribution in [1.29, 1.82) is 0 Å². The molecule has 0 saturated carbocycles. The van der Waals surface area contributed by atoms with Crippen LogP contribution in [-0.2, 0) is 14.4 Å². The SMILES string of the molecule is NC(=O)ON1C(=O)CCC1=O.OCCO. The topological polar surface area (TPSA) is 130 Å². The first-order valence-corrected chi connectivity index (χ1v) is 4.07. The van der Waals surface area contributed by atoms with Crippen molar-refractivity contribution in [3.63, 3.8) is 0 Å². The first-order chi connectivity index (χ1) is 7.02. The maximum Gasteiger partial charge on any atom is 0.429 e. The number of primary amides is 1. The van der Waals surface area contributed by atoms with Crippen LogP contribution in [0.1, 0.15) is 12.8 Å². The zero-order chi connectivity index (χ0) is 11.8. The third-order valence-electron chi connectivity index (χ3n) is 1.29. The highest BCUT2D eigenvalue weighted by molar-refractivity contribution is 6.01. The van der Waals surface area contributed by atoms with E-state index in [-0.39, 0.29) is 26.1 Å². The van der Waals surface area contributed by atoms with E-state index in [4.69, 9.17) is 10.2 Å². The van der Waals surface area contributed by atoms with Crippen LogP contribution in [0.15, 0.2) is 0 Å². The third kappa shape index (κ3) is 4.93. The average molecular weight is 220 g/mol. The Balaban J connectivity index is 0.000000423. The van der Waals surface area contributed by atoms with Gasteiger partial charge in [-0.25, -0.2) is 4.79 Å². The molecule has 0 atom stereocenters. The molecule has 3 amide bonds. The van der Waals surface area contributed by atoms with Gasteiger partial charge in [0.2, 0.25) is 0 Å². The van der Waals surface area contributed by atoms with Crippen molar-refractivity contribution in [2.45, 2.75) is 12.8 Å². The molecule has 1 heterocycles. The van der Waals surface area contributed by atoms with E-state index >= 15 is 0 Å². The van der Waals surface area contributed by atoms with E-state index in [0.717, 1.165) is 0 Å². The summed E-state index contributed by atoms with van der Waals surface area (Å²) in [5, 5.41) is 15.6. The van der Waals surface area contributed by atoms with Gasteiger partial charge in [-0.15, -0.1) is 5.06 Å². The van der Waals surface area contributed by atoms with Crippen LogP contribution in [0.4, 0.5) is 4.79 Å². The summed E-state index contributed by atoms with van der Waals surface area (Å²) in [5.41, 5.74) is 4.59. The molecule has 8 nitrogen and oxygen atoms in total. The number of nitrogens with two attached hydrogens (primary N) is 1. The van der Waals surface area contributed by atoms with Crippen LogP contribution < -0.4 is 5.73 Å². The maximum atomic E-state index is 10.7. The van der Waals surface area contributed by atoms with Gasteiger partial charge in [-0.2, -0.15) is 0 Å². The lowest BCUT2D eigenvalue weighted by Crippen LogP contribution is -2.34. The van der Waals surface area contributed by atoms with E-state index < -0.39 is 17.9 Å². The Morgan fingerprint density at radius 1 is 1.27 bits per heavy atom. The summed E-state index contributed by atoms with van der Waals surface area (Å²) in [6, 6.07) is 0. The molecule has 0 aliphatic carbocycles. The molecular formula is C7H12N2O6. The monoisotopic (exact) mass is 220 g/mol. The second-order valence-electron chi connectivity index (χ2n) is 2.44. The van der Waals surface area contributed by atoms with E-state index in [2.05, 4.69) is 10.6 Å². The van der Waals surface area contributed by atoms with Crippen molar-refractivity contribution in [2.24, 2.45) is 5.73 Å². The molecule has 0 unspecified atom stereocenters. The van der Waals surface area contributed by atoms with Gasteiger partial charge >= 0.3 is 6.09 Å². The highest BCUT2D eigenvalue weighted by Gasteiger charge is 2.32. The number of hydrogen-bond donors (Lipinski definition) is 3. The van der Waals surface area contributed by atoms with Crippen LogP contribution in [0.2, 0.25) is 0 Å². The average Bonchev–Trinajstić information content (AvgIpc) is 2.49. The largest absolute Gasteiger partial charge is 0.429 e. The Hall–Kier alpha value is -1.67. The molecule has 1 rings (SSSR count). The number of carbonyl (C=O) groups is 3. The summed E-state index contributed by atoms with van der Waals surface area (Å²) in [4.78, 5) is 35.6. The summed E-state index contributed by atoms with van der Waals surface area (Å²) in [6.45, 7) is -0.250. The van der Waals surface area contributed by atoms with Crippen LogP contribution in [0.3, 0.4) is 0 Å². The third-order valence-corrected chi connectivity index (χ3v) is 1.29. The van der Waals surface area contributed by atoms with E-state index in [0.29, 0.717) is 5.06 Å². The van der Waals surface area contributed by atoms with Gasteiger partial charge in [0.25, 0.3) is 11.8 Å². The number of aliphatic hydroxyl groups is 2. The Morgan fingerprint density at radius 2 is 1.67 bits per heavy atom. The van der Waals surface area contributed by atoms with Gasteiger partial charge in [-0.3, -0.25) is 9.59 Å². The van der Waals surface area contributed by atoms with Crippen molar-refractivity contribution in [2.75, 3.05) is 13.2 Å². The van der Waals surface area contributed by atoms with Gasteiger partial charge in [0.05, 0.1) is 13.2 Å². The number of hydrogen-bond acceptors (Lipinski definition) is 6. The molecule has 0 aromatic heterocycles. The van der Waals surface area contributed by atoms with Crippen molar-refractivity contribution in [1.82, 2.24) is 5.06 Å². The molecule has 1 fully saturated rings. The lowest BCUT2D eigenvalue weighted by atomic mass is 10.4. The van der Waals surface area contributed by atoms with Gasteiger partial charge in [0.1, 0.15) is 0 Å². The highest BCUT2D eigenvalue weighted by Crippen LogP contribution is 2.11. The molecule has 15 heavy (non-hydrogen) atoms. The number of nitrogens with zero attached hydrogens (tertiary/aromatic N) is 1. The van der Waals surface area contributed by atoms with Crippen LogP contribution in [0.5, 0.6) is 0 Å². The predicted octanol–water partition coefficient (Wildman–Crippen LogP) is -1.88. The second kappa shape index (κ2) is 6.74. The van der Waals surface area contributed by atoms with E-state index in [9.17, 15) is 14.4 Å². The number of aliphatic hydroxyl groups excluding tert-OH is 2. The van der Waals surface area contributed by atoms with Crippen molar-refractivity contribution < 1.29 is 29.4 Å². The molecule has 0 radical (unpaired) electrons. The molecule has 0 bridgehead atoms. The summed E-state index contributed by atoms with van der Waals surface area (Å²) < 4.78 is 0. The van der Waals surface area contributed by atoms with Crippen LogP contribution in [-0.4, -0.2) is 46.4 Å². The van der Waals surface area contributed by atoms with Crippen LogP contribution in [0.25, 0.3) is 0 Å². The number of imide groups is 1. The molecule has 1 aliphatic rings. The van der Waals surface area contributed by atoms with Crippen LogP contribution in [0, 0.1) is 0 Å². The number of amides is 3. The normalized spacial score (nSPS) is 14.7. The van der Waals surface area contributed by atoms with Gasteiger partial charge < -0.3 is 20.8 Å². The smallest absolute Gasteiger partial charge is 0.394 e. The summed E-state index contributed by atoms with van der Waals surface area (Å²) in [7, 11) is 0. The van der Waals surface area contributed by atoms with Crippen molar-refractivity contribution in [3.05, 3.63) is 0 Å². The molecule has 4 N–H and O–H groups in total. The molecule has 1 aliphatic heterocycles. The van der Waals surface area contributed by atoms with Crippen molar-refractivity contribution in [3.8, 4) is 0 Å². The fraction of sp³-hybridized carbons (Fsp3) is 0.571. The highest BCUT2D eigenvalue weighted by atomic mass is 16.7. The number of hydroxylamine groups is 2. The minimum Gasteiger partial charge on any atom is -0.394 e. The second-order valence-corrected chi connectivity index (χ2v) is 2.44. The quantitative estimate of drug-likeness (QED) is 0.467. The molecule has 0 spiro atoms. The molecule has 86 valence electrons. The zero-order valence-corrected chi connectivity index (χ0v) is 7.88. The Kier molecular flexibility index (Phi) is 5.99. The van der Waals surface area contributed by atoms with Gasteiger partial charge in [-0.1, -0.05) is 0 Å². The molecule has 8 heteroatoms. The standard InChI is InChI=1S/C5H6N2O4.C2H6O2/c6-5(10)11-7-3(8)1-2-4(7)9;3-1-2-4/h1-2H2,(H2,6,10);3-4H,1-2H2. The summed E-state index contributed by atoms with van der Waals surface area (Å²) in [6.07, 6.45) is -1.01. The first kappa shape index (κ1) is 13.3. The van der Waals surface area contributed by atoms with E-state index in [1.165, 1.54) is 0 Å². The Labute approximate surface area is 85.2 Å². The molecule has 1 saturated heterocycles. The number of rotatable bonds is 2. The van der Waals surface area contributed by atoms with E-state index in [1.54, 1.807) is 0 Å². The van der Waals surface area contributed by atoms with Crippen LogP contribution >= 0.6 is 0 Å².